The van der Waals surface area contributed by atoms with Crippen LogP contribution in [-0.4, -0.2) is 33.0 Å². The number of carbonyl (C=O) groups excluding carboxylic acids is 1. The normalized spacial score (nSPS) is 13.7. The molecule has 1 atom stereocenters. The zero-order chi connectivity index (χ0) is 11.2. The fraction of sp³-hybridized carbons (Fsp3) is 0.875. The van der Waals surface area contributed by atoms with Gasteiger partial charge >= 0.3 is 13.6 Å². The number of ether oxygens (including phenoxy) is 1. The van der Waals surface area contributed by atoms with Crippen LogP contribution in [0.4, 0.5) is 0 Å². The molecule has 1 unspecified atom stereocenters. The van der Waals surface area contributed by atoms with Gasteiger partial charge in [-0.05, 0) is 6.42 Å². The quantitative estimate of drug-likeness (QED) is 0.508. The van der Waals surface area contributed by atoms with Crippen LogP contribution in [0, 0.1) is 0 Å². The van der Waals surface area contributed by atoms with Gasteiger partial charge < -0.3 is 13.8 Å². The second-order valence-corrected chi connectivity index (χ2v) is 5.17. The van der Waals surface area contributed by atoms with Gasteiger partial charge in [0.2, 0.25) is 0 Å². The predicted octanol–water partition coefficient (Wildman–Crippen LogP) is 1.81. The largest absolute Gasteiger partial charge is 0.468 e. The SMILES string of the molecule is CCCC(C(=O)OC)P(=O)(OC)OC. The fourth-order valence-corrected chi connectivity index (χ4v) is 2.74. The maximum Gasteiger partial charge on any atom is 0.344 e. The molecule has 6 heteroatoms. The van der Waals surface area contributed by atoms with E-state index in [4.69, 9.17) is 9.05 Å². The summed E-state index contributed by atoms with van der Waals surface area (Å²) in [6, 6.07) is 0. The topological polar surface area (TPSA) is 61.8 Å². The van der Waals surface area contributed by atoms with Crippen LogP contribution in [0.3, 0.4) is 0 Å². The summed E-state index contributed by atoms with van der Waals surface area (Å²) in [6.07, 6.45) is 1.13. The van der Waals surface area contributed by atoms with Gasteiger partial charge in [0, 0.05) is 14.2 Å². The average molecular weight is 224 g/mol. The second-order valence-electron chi connectivity index (χ2n) is 2.73. The first kappa shape index (κ1) is 13.6. The molecule has 5 nitrogen and oxygen atoms in total. The summed E-state index contributed by atoms with van der Waals surface area (Å²) in [4.78, 5) is 11.3. The van der Waals surface area contributed by atoms with Crippen LogP contribution in [0.25, 0.3) is 0 Å². The molecule has 0 aromatic carbocycles. The maximum absolute atomic E-state index is 11.9. The zero-order valence-corrected chi connectivity index (χ0v) is 9.87. The van der Waals surface area contributed by atoms with E-state index in [-0.39, 0.29) is 0 Å². The Kier molecular flexibility index (Phi) is 6.00. The van der Waals surface area contributed by atoms with Crippen LogP contribution in [-0.2, 0) is 23.1 Å². The average Bonchev–Trinajstić information content (AvgIpc) is 2.23. The van der Waals surface area contributed by atoms with Crippen molar-refractivity contribution in [2.45, 2.75) is 25.4 Å². The molecule has 0 amide bonds. The monoisotopic (exact) mass is 224 g/mol. The van der Waals surface area contributed by atoms with Gasteiger partial charge in [-0.1, -0.05) is 13.3 Å². The van der Waals surface area contributed by atoms with Crippen LogP contribution in [0.1, 0.15) is 19.8 Å². The van der Waals surface area contributed by atoms with Gasteiger partial charge in [0.25, 0.3) is 0 Å². The van der Waals surface area contributed by atoms with Crippen LogP contribution in [0.2, 0.25) is 0 Å². The van der Waals surface area contributed by atoms with Crippen molar-refractivity contribution in [3.05, 3.63) is 0 Å². The van der Waals surface area contributed by atoms with Crippen molar-refractivity contribution >= 4 is 13.6 Å². The molecule has 0 spiro atoms. The summed E-state index contributed by atoms with van der Waals surface area (Å²) in [5, 5.41) is 0. The standard InChI is InChI=1S/C8H17O5P/c1-5-6-7(8(9)11-2)14(10,12-3)13-4/h7H,5-6H2,1-4H3. The molecule has 0 N–H and O–H groups in total. The first-order valence-corrected chi connectivity index (χ1v) is 5.95. The molecule has 0 bridgehead atoms. The van der Waals surface area contributed by atoms with Crippen molar-refractivity contribution in [3.8, 4) is 0 Å². The number of carbonyl (C=O) groups is 1. The van der Waals surface area contributed by atoms with Crippen molar-refractivity contribution in [2.75, 3.05) is 21.3 Å². The van der Waals surface area contributed by atoms with E-state index in [1.807, 2.05) is 6.92 Å². The lowest BCUT2D eigenvalue weighted by Crippen LogP contribution is -2.23. The minimum Gasteiger partial charge on any atom is -0.468 e. The Hall–Kier alpha value is -0.380. The number of hydrogen-bond acceptors (Lipinski definition) is 5. The molecule has 0 aliphatic rings. The summed E-state index contributed by atoms with van der Waals surface area (Å²) < 4.78 is 26.0. The molecule has 0 radical (unpaired) electrons. The lowest BCUT2D eigenvalue weighted by Gasteiger charge is -2.21. The molecule has 0 aromatic rings. The van der Waals surface area contributed by atoms with Gasteiger partial charge in [0.15, 0.2) is 5.66 Å². The predicted molar refractivity (Wildman–Crippen MR) is 52.3 cm³/mol. The second kappa shape index (κ2) is 6.17. The first-order valence-electron chi connectivity index (χ1n) is 4.34. The highest BCUT2D eigenvalue weighted by Crippen LogP contribution is 2.53. The first-order chi connectivity index (χ1) is 6.55. The van der Waals surface area contributed by atoms with Crippen molar-refractivity contribution < 1.29 is 23.1 Å². The molecule has 0 aromatic heterocycles. The Morgan fingerprint density at radius 3 is 2.07 bits per heavy atom. The Balaban J connectivity index is 4.78. The molecule has 0 aliphatic heterocycles. The van der Waals surface area contributed by atoms with E-state index in [9.17, 15) is 9.36 Å². The van der Waals surface area contributed by atoms with Gasteiger partial charge in [-0.3, -0.25) is 9.36 Å². The maximum atomic E-state index is 11.9. The van der Waals surface area contributed by atoms with Crippen LogP contribution in [0.5, 0.6) is 0 Å². The minimum absolute atomic E-state index is 0.422. The van der Waals surface area contributed by atoms with Crippen molar-refractivity contribution in [1.29, 1.82) is 0 Å². The highest BCUT2D eigenvalue weighted by atomic mass is 31.2. The Morgan fingerprint density at radius 1 is 1.29 bits per heavy atom. The van der Waals surface area contributed by atoms with E-state index >= 15 is 0 Å². The van der Waals surface area contributed by atoms with E-state index < -0.39 is 19.2 Å². The van der Waals surface area contributed by atoms with Gasteiger partial charge in [-0.15, -0.1) is 0 Å². The number of esters is 1. The van der Waals surface area contributed by atoms with E-state index in [1.165, 1.54) is 21.3 Å². The fourth-order valence-electron chi connectivity index (χ4n) is 1.14. The van der Waals surface area contributed by atoms with Gasteiger partial charge in [-0.25, -0.2) is 0 Å². The third kappa shape index (κ3) is 3.08. The van der Waals surface area contributed by atoms with E-state index in [0.717, 1.165) is 0 Å². The van der Waals surface area contributed by atoms with Crippen molar-refractivity contribution in [2.24, 2.45) is 0 Å². The third-order valence-corrected chi connectivity index (χ3v) is 4.18. The lowest BCUT2D eigenvalue weighted by molar-refractivity contribution is -0.140. The Bertz CT molecular complexity index is 220. The molecular weight excluding hydrogens is 207 g/mol. The van der Waals surface area contributed by atoms with Crippen LogP contribution < -0.4 is 0 Å². The molecule has 0 heterocycles. The Labute approximate surface area is 84.3 Å². The van der Waals surface area contributed by atoms with Crippen molar-refractivity contribution in [3.63, 3.8) is 0 Å². The van der Waals surface area contributed by atoms with Gasteiger partial charge in [0.1, 0.15) is 0 Å². The molecule has 0 saturated heterocycles. The summed E-state index contributed by atoms with van der Waals surface area (Å²) >= 11 is 0. The highest BCUT2D eigenvalue weighted by molar-refractivity contribution is 7.55. The molecule has 14 heavy (non-hydrogen) atoms. The van der Waals surface area contributed by atoms with Gasteiger partial charge in [0.05, 0.1) is 7.11 Å². The summed E-state index contributed by atoms with van der Waals surface area (Å²) in [7, 11) is 0.415. The number of rotatable bonds is 6. The molecule has 0 aliphatic carbocycles. The third-order valence-electron chi connectivity index (χ3n) is 1.93. The lowest BCUT2D eigenvalue weighted by atomic mass is 10.2. The van der Waals surface area contributed by atoms with Gasteiger partial charge in [-0.2, -0.15) is 0 Å². The summed E-state index contributed by atoms with van der Waals surface area (Å²) in [5.74, 6) is -0.557. The molecule has 84 valence electrons. The van der Waals surface area contributed by atoms with Crippen LogP contribution in [0.15, 0.2) is 0 Å². The number of hydrogen-bond donors (Lipinski definition) is 0. The molecule has 0 rings (SSSR count). The van der Waals surface area contributed by atoms with E-state index in [1.54, 1.807) is 0 Å². The minimum atomic E-state index is -3.36. The molecule has 0 fully saturated rings. The molecule has 0 saturated carbocycles. The smallest absolute Gasteiger partial charge is 0.344 e. The highest BCUT2D eigenvalue weighted by Gasteiger charge is 2.39. The Morgan fingerprint density at radius 2 is 1.79 bits per heavy atom. The van der Waals surface area contributed by atoms with E-state index in [0.29, 0.717) is 12.8 Å². The zero-order valence-electron chi connectivity index (χ0n) is 8.98. The van der Waals surface area contributed by atoms with E-state index in [2.05, 4.69) is 4.74 Å². The van der Waals surface area contributed by atoms with Crippen molar-refractivity contribution in [1.82, 2.24) is 0 Å². The summed E-state index contributed by atoms with van der Waals surface area (Å²) in [5.41, 5.74) is -0.826. The number of methoxy groups -OCH3 is 1. The summed E-state index contributed by atoms with van der Waals surface area (Å²) in [6.45, 7) is 1.88. The molecular formula is C8H17O5P. The van der Waals surface area contributed by atoms with Crippen LogP contribution >= 0.6 is 7.60 Å².